The van der Waals surface area contributed by atoms with Crippen LogP contribution in [-0.4, -0.2) is 41.5 Å². The fourth-order valence-electron chi connectivity index (χ4n) is 2.48. The van der Waals surface area contributed by atoms with Crippen LogP contribution >= 0.6 is 0 Å². The lowest BCUT2D eigenvalue weighted by Crippen LogP contribution is -2.42. The molecular weight excluding hydrogens is 268 g/mol. The van der Waals surface area contributed by atoms with E-state index in [1.807, 2.05) is 24.3 Å². The van der Waals surface area contributed by atoms with Crippen molar-refractivity contribution < 1.29 is 9.59 Å². The summed E-state index contributed by atoms with van der Waals surface area (Å²) < 4.78 is 0. The van der Waals surface area contributed by atoms with Gasteiger partial charge in [-0.3, -0.25) is 9.78 Å². The number of rotatable bonds is 2. The summed E-state index contributed by atoms with van der Waals surface area (Å²) in [5.41, 5.74) is 1.36. The molecule has 108 valence electrons. The van der Waals surface area contributed by atoms with Crippen molar-refractivity contribution in [3.05, 3.63) is 36.5 Å². The summed E-state index contributed by atoms with van der Waals surface area (Å²) >= 11 is 0. The van der Waals surface area contributed by atoms with Gasteiger partial charge in [0.05, 0.1) is 11.2 Å². The number of amides is 3. The van der Waals surface area contributed by atoms with Gasteiger partial charge in [-0.2, -0.15) is 0 Å². The van der Waals surface area contributed by atoms with Crippen molar-refractivity contribution in [2.24, 2.45) is 0 Å². The summed E-state index contributed by atoms with van der Waals surface area (Å²) in [5.74, 6) is -0.0544. The molecule has 1 atom stereocenters. The highest BCUT2D eigenvalue weighted by molar-refractivity contribution is 6.01. The Hall–Kier alpha value is -2.63. The number of hydrogen-bond donors (Lipinski definition) is 2. The van der Waals surface area contributed by atoms with E-state index in [9.17, 15) is 9.59 Å². The van der Waals surface area contributed by atoms with Gasteiger partial charge in [-0.1, -0.05) is 18.2 Å². The Kier molecular flexibility index (Phi) is 3.43. The number of benzene rings is 1. The van der Waals surface area contributed by atoms with Gasteiger partial charge in [0.2, 0.25) is 5.91 Å². The van der Waals surface area contributed by atoms with Crippen LogP contribution in [0.1, 0.15) is 6.42 Å². The van der Waals surface area contributed by atoms with Crippen LogP contribution in [0.3, 0.4) is 0 Å². The van der Waals surface area contributed by atoms with Crippen molar-refractivity contribution in [3.63, 3.8) is 0 Å². The highest BCUT2D eigenvalue weighted by Gasteiger charge is 2.30. The molecule has 0 saturated carbocycles. The molecule has 1 aliphatic heterocycles. The summed E-state index contributed by atoms with van der Waals surface area (Å²) in [4.78, 5) is 29.7. The van der Waals surface area contributed by atoms with Crippen LogP contribution in [0.15, 0.2) is 36.5 Å². The molecule has 0 unspecified atom stereocenters. The lowest BCUT2D eigenvalue weighted by atomic mass is 10.2. The first kappa shape index (κ1) is 13.4. The fourth-order valence-corrected chi connectivity index (χ4v) is 2.48. The topological polar surface area (TPSA) is 74.3 Å². The maximum absolute atomic E-state index is 12.0. The zero-order valence-electron chi connectivity index (χ0n) is 11.7. The summed E-state index contributed by atoms with van der Waals surface area (Å²) in [6.07, 6.45) is 2.32. The number of carbonyl (C=O) groups excluding carboxylic acids is 2. The van der Waals surface area contributed by atoms with Crippen molar-refractivity contribution in [1.82, 2.24) is 15.2 Å². The first-order valence-corrected chi connectivity index (χ1v) is 6.81. The third kappa shape index (κ3) is 2.65. The molecule has 1 fully saturated rings. The normalized spacial score (nSPS) is 18.0. The predicted octanol–water partition coefficient (Wildman–Crippen LogP) is 1.59. The Morgan fingerprint density at radius 2 is 2.14 bits per heavy atom. The minimum atomic E-state index is -0.446. The van der Waals surface area contributed by atoms with Gasteiger partial charge in [-0.15, -0.1) is 0 Å². The van der Waals surface area contributed by atoms with Crippen molar-refractivity contribution in [2.75, 3.05) is 18.9 Å². The standard InChI is InChI=1S/C15H16N4O2/c1-19-9-7-12(14(19)20)18-15(21)17-11-6-2-4-10-5-3-8-16-13(10)11/h2-6,8,12H,7,9H2,1H3,(H2,17,18,21)/t12-/m0/s1. The maximum Gasteiger partial charge on any atom is 0.319 e. The van der Waals surface area contributed by atoms with E-state index in [1.165, 1.54) is 0 Å². The quantitative estimate of drug-likeness (QED) is 0.879. The van der Waals surface area contributed by atoms with Crippen LogP contribution in [-0.2, 0) is 4.79 Å². The second-order valence-electron chi connectivity index (χ2n) is 5.08. The molecule has 1 aromatic heterocycles. The number of para-hydroxylation sites is 1. The third-order valence-corrected chi connectivity index (χ3v) is 3.61. The molecule has 6 heteroatoms. The Labute approximate surface area is 122 Å². The largest absolute Gasteiger partial charge is 0.344 e. The van der Waals surface area contributed by atoms with Crippen LogP contribution in [0.4, 0.5) is 10.5 Å². The summed E-state index contributed by atoms with van der Waals surface area (Å²) in [7, 11) is 1.73. The number of nitrogens with zero attached hydrogens (tertiary/aromatic N) is 2. The van der Waals surface area contributed by atoms with E-state index >= 15 is 0 Å². The zero-order chi connectivity index (χ0) is 14.8. The minimum Gasteiger partial charge on any atom is -0.344 e. The number of carbonyl (C=O) groups is 2. The van der Waals surface area contributed by atoms with E-state index in [0.29, 0.717) is 18.7 Å². The molecule has 2 heterocycles. The number of pyridine rings is 1. The Balaban J connectivity index is 1.73. The van der Waals surface area contributed by atoms with Gasteiger partial charge < -0.3 is 15.5 Å². The Bertz CT molecular complexity index is 696. The number of likely N-dealkylation sites (tertiary alicyclic amines) is 1. The second kappa shape index (κ2) is 5.40. The van der Waals surface area contributed by atoms with E-state index in [1.54, 1.807) is 24.2 Å². The highest BCUT2D eigenvalue weighted by atomic mass is 16.2. The van der Waals surface area contributed by atoms with E-state index in [-0.39, 0.29) is 11.9 Å². The number of anilines is 1. The zero-order valence-corrected chi connectivity index (χ0v) is 11.7. The lowest BCUT2D eigenvalue weighted by molar-refractivity contribution is -0.128. The Morgan fingerprint density at radius 1 is 1.33 bits per heavy atom. The number of nitrogens with one attached hydrogen (secondary N) is 2. The summed E-state index contributed by atoms with van der Waals surface area (Å²) in [6.45, 7) is 0.666. The molecular formula is C15H16N4O2. The highest BCUT2D eigenvalue weighted by Crippen LogP contribution is 2.20. The average Bonchev–Trinajstić information content (AvgIpc) is 2.80. The van der Waals surface area contributed by atoms with E-state index in [2.05, 4.69) is 15.6 Å². The number of aromatic nitrogens is 1. The van der Waals surface area contributed by atoms with Gasteiger partial charge in [0, 0.05) is 25.2 Å². The minimum absolute atomic E-state index is 0.0544. The number of hydrogen-bond acceptors (Lipinski definition) is 3. The number of fused-ring (bicyclic) bond motifs is 1. The van der Waals surface area contributed by atoms with Crippen molar-refractivity contribution >= 4 is 28.5 Å². The maximum atomic E-state index is 12.0. The molecule has 6 nitrogen and oxygen atoms in total. The smallest absolute Gasteiger partial charge is 0.319 e. The number of likely N-dealkylation sites (N-methyl/N-ethyl adjacent to an activating group) is 1. The molecule has 1 aromatic carbocycles. The van der Waals surface area contributed by atoms with Gasteiger partial charge in [0.15, 0.2) is 0 Å². The van der Waals surface area contributed by atoms with Crippen LogP contribution in [0.25, 0.3) is 10.9 Å². The predicted molar refractivity (Wildman–Crippen MR) is 79.9 cm³/mol. The molecule has 2 N–H and O–H groups in total. The fraction of sp³-hybridized carbons (Fsp3) is 0.267. The monoisotopic (exact) mass is 284 g/mol. The second-order valence-corrected chi connectivity index (χ2v) is 5.08. The molecule has 0 aliphatic carbocycles. The lowest BCUT2D eigenvalue weighted by Gasteiger charge is -2.13. The molecule has 1 saturated heterocycles. The van der Waals surface area contributed by atoms with Crippen LogP contribution in [0.5, 0.6) is 0 Å². The summed E-state index contributed by atoms with van der Waals surface area (Å²) in [6, 6.07) is 8.52. The first-order valence-electron chi connectivity index (χ1n) is 6.81. The van der Waals surface area contributed by atoms with Crippen LogP contribution in [0, 0.1) is 0 Å². The molecule has 0 spiro atoms. The van der Waals surface area contributed by atoms with Gasteiger partial charge in [0.1, 0.15) is 6.04 Å². The molecule has 21 heavy (non-hydrogen) atoms. The SMILES string of the molecule is CN1CC[C@H](NC(=O)Nc2cccc3cccnc23)C1=O. The molecule has 1 aliphatic rings. The van der Waals surface area contributed by atoms with E-state index < -0.39 is 6.04 Å². The molecule has 0 radical (unpaired) electrons. The van der Waals surface area contributed by atoms with Gasteiger partial charge >= 0.3 is 6.03 Å². The third-order valence-electron chi connectivity index (χ3n) is 3.61. The summed E-state index contributed by atoms with van der Waals surface area (Å²) in [5, 5.41) is 6.42. The molecule has 2 aromatic rings. The molecule has 0 bridgehead atoms. The number of urea groups is 1. The van der Waals surface area contributed by atoms with Gasteiger partial charge in [0.25, 0.3) is 0 Å². The van der Waals surface area contributed by atoms with Gasteiger partial charge in [-0.05, 0) is 18.6 Å². The van der Waals surface area contributed by atoms with Crippen LogP contribution < -0.4 is 10.6 Å². The van der Waals surface area contributed by atoms with Crippen LogP contribution in [0.2, 0.25) is 0 Å². The first-order chi connectivity index (χ1) is 10.1. The van der Waals surface area contributed by atoms with Gasteiger partial charge in [-0.25, -0.2) is 4.79 Å². The Morgan fingerprint density at radius 3 is 2.90 bits per heavy atom. The van der Waals surface area contributed by atoms with E-state index in [4.69, 9.17) is 0 Å². The average molecular weight is 284 g/mol. The van der Waals surface area contributed by atoms with Crippen molar-refractivity contribution in [2.45, 2.75) is 12.5 Å². The van der Waals surface area contributed by atoms with Crippen molar-refractivity contribution in [3.8, 4) is 0 Å². The molecule has 3 rings (SSSR count). The van der Waals surface area contributed by atoms with Crippen molar-refractivity contribution in [1.29, 1.82) is 0 Å². The van der Waals surface area contributed by atoms with E-state index in [0.717, 1.165) is 10.9 Å². The molecule has 3 amide bonds.